The molecule has 2 N–H and O–H groups in total. The Labute approximate surface area is 126 Å². The second kappa shape index (κ2) is 5.73. The Morgan fingerprint density at radius 3 is 2.71 bits per heavy atom. The van der Waals surface area contributed by atoms with Crippen LogP contribution in [-0.4, -0.2) is 17.0 Å². The maximum absolute atomic E-state index is 12.5. The van der Waals surface area contributed by atoms with E-state index in [1.807, 2.05) is 31.4 Å². The lowest BCUT2D eigenvalue weighted by Crippen LogP contribution is -2.40. The van der Waals surface area contributed by atoms with E-state index in [4.69, 9.17) is 9.52 Å². The quantitative estimate of drug-likeness (QED) is 0.890. The van der Waals surface area contributed by atoms with Gasteiger partial charge < -0.3 is 14.8 Å². The highest BCUT2D eigenvalue weighted by atomic mass is 32.1. The second-order valence-electron chi connectivity index (χ2n) is 5.34. The largest absolute Gasteiger partial charge is 0.481 e. The number of carbonyl (C=O) groups excluding carboxylic acids is 1. The predicted octanol–water partition coefficient (Wildman–Crippen LogP) is 2.94. The van der Waals surface area contributed by atoms with Gasteiger partial charge in [-0.2, -0.15) is 0 Å². The van der Waals surface area contributed by atoms with Gasteiger partial charge in [0, 0.05) is 10.4 Å². The molecule has 112 valence electrons. The first-order chi connectivity index (χ1) is 9.81. The highest BCUT2D eigenvalue weighted by molar-refractivity contribution is 7.10. The summed E-state index contributed by atoms with van der Waals surface area (Å²) < 4.78 is 5.19. The maximum Gasteiger partial charge on any atom is 0.311 e. The Morgan fingerprint density at radius 1 is 1.43 bits per heavy atom. The van der Waals surface area contributed by atoms with Crippen LogP contribution in [0.25, 0.3) is 0 Å². The molecule has 0 aliphatic rings. The number of hydrogen-bond acceptors (Lipinski definition) is 4. The van der Waals surface area contributed by atoms with Gasteiger partial charge in [-0.25, -0.2) is 0 Å². The van der Waals surface area contributed by atoms with Crippen LogP contribution in [0.3, 0.4) is 0 Å². The highest BCUT2D eigenvalue weighted by Crippen LogP contribution is 2.26. The maximum atomic E-state index is 12.5. The Kier molecular flexibility index (Phi) is 4.18. The van der Waals surface area contributed by atoms with Gasteiger partial charge in [-0.1, -0.05) is 6.07 Å². The number of aliphatic carboxylic acids is 1. The molecule has 0 fully saturated rings. The molecule has 2 aromatic heterocycles. The van der Waals surface area contributed by atoms with Gasteiger partial charge >= 0.3 is 5.97 Å². The molecular formula is C15H17NO4S. The van der Waals surface area contributed by atoms with Crippen molar-refractivity contribution in [3.05, 3.63) is 45.5 Å². The van der Waals surface area contributed by atoms with E-state index in [1.165, 1.54) is 6.26 Å². The smallest absolute Gasteiger partial charge is 0.311 e. The van der Waals surface area contributed by atoms with E-state index in [0.717, 1.165) is 4.88 Å². The first-order valence-corrected chi connectivity index (χ1v) is 7.34. The number of carboxylic acids is 1. The number of furan rings is 1. The van der Waals surface area contributed by atoms with Crippen molar-refractivity contribution in [2.45, 2.75) is 32.7 Å². The van der Waals surface area contributed by atoms with Crippen LogP contribution in [0.5, 0.6) is 0 Å². The lowest BCUT2D eigenvalue weighted by Gasteiger charge is -2.25. The van der Waals surface area contributed by atoms with E-state index in [-0.39, 0.29) is 18.1 Å². The fourth-order valence-electron chi connectivity index (χ4n) is 2.11. The first-order valence-electron chi connectivity index (χ1n) is 6.46. The SMILES string of the molecule is Cc1coc(CC(=O)O)c1C(=O)NC(C)(C)c1cccs1. The zero-order valence-corrected chi connectivity index (χ0v) is 12.9. The van der Waals surface area contributed by atoms with Crippen LogP contribution in [0, 0.1) is 6.92 Å². The molecule has 0 atom stereocenters. The Bertz CT molecular complexity index is 655. The number of aryl methyl sites for hydroxylation is 1. The zero-order chi connectivity index (χ0) is 15.6. The summed E-state index contributed by atoms with van der Waals surface area (Å²) in [6, 6.07) is 3.87. The van der Waals surface area contributed by atoms with Crippen molar-refractivity contribution < 1.29 is 19.1 Å². The summed E-state index contributed by atoms with van der Waals surface area (Å²) >= 11 is 1.56. The summed E-state index contributed by atoms with van der Waals surface area (Å²) in [5.74, 6) is -1.17. The number of carbonyl (C=O) groups is 2. The van der Waals surface area contributed by atoms with E-state index in [2.05, 4.69) is 5.32 Å². The van der Waals surface area contributed by atoms with Gasteiger partial charge in [-0.05, 0) is 32.2 Å². The van der Waals surface area contributed by atoms with Crippen molar-refractivity contribution in [3.63, 3.8) is 0 Å². The molecule has 0 spiro atoms. The number of thiophene rings is 1. The topological polar surface area (TPSA) is 79.5 Å². The van der Waals surface area contributed by atoms with E-state index < -0.39 is 11.5 Å². The van der Waals surface area contributed by atoms with Crippen LogP contribution in [-0.2, 0) is 16.8 Å². The molecule has 0 unspecified atom stereocenters. The minimum Gasteiger partial charge on any atom is -0.481 e. The Morgan fingerprint density at radius 2 is 2.14 bits per heavy atom. The molecule has 6 heteroatoms. The number of nitrogens with one attached hydrogen (secondary N) is 1. The molecule has 0 radical (unpaired) electrons. The van der Waals surface area contributed by atoms with Crippen molar-refractivity contribution in [3.8, 4) is 0 Å². The molecule has 2 heterocycles. The van der Waals surface area contributed by atoms with E-state index in [9.17, 15) is 9.59 Å². The van der Waals surface area contributed by atoms with Crippen molar-refractivity contribution >= 4 is 23.2 Å². The molecule has 0 aliphatic carbocycles. The van der Waals surface area contributed by atoms with Crippen LogP contribution in [0.1, 0.15) is 40.4 Å². The molecule has 0 aromatic carbocycles. The predicted molar refractivity (Wildman–Crippen MR) is 79.6 cm³/mol. The minimum atomic E-state index is -1.03. The third-order valence-electron chi connectivity index (χ3n) is 3.15. The summed E-state index contributed by atoms with van der Waals surface area (Å²) in [5.41, 5.74) is 0.405. The molecule has 0 bridgehead atoms. The fraction of sp³-hybridized carbons (Fsp3) is 0.333. The molecule has 2 aromatic rings. The van der Waals surface area contributed by atoms with Crippen LogP contribution in [0.2, 0.25) is 0 Å². The van der Waals surface area contributed by atoms with Gasteiger partial charge in [0.05, 0.1) is 17.4 Å². The summed E-state index contributed by atoms with van der Waals surface area (Å²) in [5, 5.41) is 13.8. The van der Waals surface area contributed by atoms with Gasteiger partial charge in [0.25, 0.3) is 5.91 Å². The Hall–Kier alpha value is -2.08. The molecule has 21 heavy (non-hydrogen) atoms. The van der Waals surface area contributed by atoms with Crippen molar-refractivity contribution in [2.24, 2.45) is 0 Å². The molecule has 0 saturated carbocycles. The van der Waals surface area contributed by atoms with Gasteiger partial charge in [-0.15, -0.1) is 11.3 Å². The second-order valence-corrected chi connectivity index (χ2v) is 6.29. The number of hydrogen-bond donors (Lipinski definition) is 2. The number of rotatable bonds is 5. The fourth-order valence-corrected chi connectivity index (χ4v) is 2.92. The first kappa shape index (κ1) is 15.3. The summed E-state index contributed by atoms with van der Waals surface area (Å²) in [6.45, 7) is 5.54. The third-order valence-corrected chi connectivity index (χ3v) is 4.35. The summed E-state index contributed by atoms with van der Waals surface area (Å²) in [6.07, 6.45) is 1.10. The molecule has 1 amide bonds. The molecule has 5 nitrogen and oxygen atoms in total. The normalized spacial score (nSPS) is 11.4. The van der Waals surface area contributed by atoms with Gasteiger partial charge in [-0.3, -0.25) is 9.59 Å². The standard InChI is InChI=1S/C15H17NO4S/c1-9-8-20-10(7-12(17)18)13(9)14(19)16-15(2,3)11-5-4-6-21-11/h4-6,8H,7H2,1-3H3,(H,16,19)(H,17,18). The van der Waals surface area contributed by atoms with Gasteiger partial charge in [0.1, 0.15) is 12.2 Å². The number of amides is 1. The average Bonchev–Trinajstić information content (AvgIpc) is 2.98. The summed E-state index contributed by atoms with van der Waals surface area (Å²) in [4.78, 5) is 24.3. The van der Waals surface area contributed by atoms with E-state index >= 15 is 0 Å². The highest BCUT2D eigenvalue weighted by Gasteiger charge is 2.28. The monoisotopic (exact) mass is 307 g/mol. The van der Waals surface area contributed by atoms with Crippen molar-refractivity contribution in [1.82, 2.24) is 5.32 Å². The van der Waals surface area contributed by atoms with Gasteiger partial charge in [0.15, 0.2) is 0 Å². The third kappa shape index (κ3) is 3.33. The van der Waals surface area contributed by atoms with E-state index in [1.54, 1.807) is 18.3 Å². The molecule has 0 saturated heterocycles. The number of carboxylic acid groups (broad SMARTS) is 1. The van der Waals surface area contributed by atoms with Crippen LogP contribution in [0.4, 0.5) is 0 Å². The van der Waals surface area contributed by atoms with Crippen molar-refractivity contribution in [2.75, 3.05) is 0 Å². The van der Waals surface area contributed by atoms with Crippen LogP contribution in [0.15, 0.2) is 28.2 Å². The molecule has 2 rings (SSSR count). The average molecular weight is 307 g/mol. The van der Waals surface area contributed by atoms with Crippen molar-refractivity contribution in [1.29, 1.82) is 0 Å². The molecular weight excluding hydrogens is 290 g/mol. The lowest BCUT2D eigenvalue weighted by molar-refractivity contribution is -0.136. The van der Waals surface area contributed by atoms with Gasteiger partial charge in [0.2, 0.25) is 0 Å². The minimum absolute atomic E-state index is 0.180. The zero-order valence-electron chi connectivity index (χ0n) is 12.1. The van der Waals surface area contributed by atoms with Crippen LogP contribution >= 0.6 is 11.3 Å². The lowest BCUT2D eigenvalue weighted by atomic mass is 10.0. The van der Waals surface area contributed by atoms with E-state index in [0.29, 0.717) is 11.1 Å². The summed E-state index contributed by atoms with van der Waals surface area (Å²) in [7, 11) is 0. The van der Waals surface area contributed by atoms with Crippen LogP contribution < -0.4 is 5.32 Å². The Balaban J connectivity index is 2.25. The molecule has 0 aliphatic heterocycles.